The Bertz CT molecular complexity index is 347. The van der Waals surface area contributed by atoms with E-state index in [0.717, 1.165) is 6.54 Å². The van der Waals surface area contributed by atoms with Crippen LogP contribution in [-0.2, 0) is 19.1 Å². The molecule has 15 heavy (non-hydrogen) atoms. The Kier molecular flexibility index (Phi) is 3.30. The van der Waals surface area contributed by atoms with E-state index in [1.165, 1.54) is 0 Å². The monoisotopic (exact) mass is 241 g/mol. The lowest BCUT2D eigenvalue weighted by molar-refractivity contribution is -0.142. The highest BCUT2D eigenvalue weighted by atomic mass is 35.5. The Morgan fingerprint density at radius 2 is 2.07 bits per heavy atom. The van der Waals surface area contributed by atoms with E-state index in [0.29, 0.717) is 24.2 Å². The first-order valence-corrected chi connectivity index (χ1v) is 4.30. The highest BCUT2D eigenvalue weighted by Crippen LogP contribution is 2.33. The lowest BCUT2D eigenvalue weighted by Gasteiger charge is -2.22. The molecule has 86 valence electrons. The number of aromatic amines is 1. The third kappa shape index (κ3) is 2.26. The molecule has 2 rings (SSSR count). The summed E-state index contributed by atoms with van der Waals surface area (Å²) in [6, 6.07) is 0. The third-order valence-electron chi connectivity index (χ3n) is 2.39. The molecule has 0 saturated carbocycles. The molecule has 0 fully saturated rings. The maximum absolute atomic E-state index is 12.4. The summed E-state index contributed by atoms with van der Waals surface area (Å²) >= 11 is 0. The predicted octanol–water partition coefficient (Wildman–Crippen LogP) is 1.84. The number of rotatable bonds is 0. The SMILES string of the molecule is CN1CCc2[nH]nc(C(F)(F)F)c2C1.Cl. The van der Waals surface area contributed by atoms with Crippen molar-refractivity contribution in [1.29, 1.82) is 0 Å². The molecule has 3 nitrogen and oxygen atoms in total. The molecular formula is C8H11ClF3N3. The molecule has 1 N–H and O–H groups in total. The van der Waals surface area contributed by atoms with Crippen molar-refractivity contribution in [3.05, 3.63) is 17.0 Å². The number of aromatic nitrogens is 2. The van der Waals surface area contributed by atoms with Gasteiger partial charge in [0.1, 0.15) is 0 Å². The van der Waals surface area contributed by atoms with Gasteiger partial charge in [-0.2, -0.15) is 18.3 Å². The number of likely N-dealkylation sites (N-methyl/N-ethyl adjacent to an activating group) is 1. The first-order chi connectivity index (χ1) is 6.48. The van der Waals surface area contributed by atoms with Crippen molar-refractivity contribution in [3.63, 3.8) is 0 Å². The van der Waals surface area contributed by atoms with Crippen LogP contribution in [-0.4, -0.2) is 28.7 Å². The van der Waals surface area contributed by atoms with Crippen LogP contribution in [0.1, 0.15) is 17.0 Å². The Balaban J connectivity index is 0.00000112. The van der Waals surface area contributed by atoms with Gasteiger partial charge in [-0.25, -0.2) is 0 Å². The lowest BCUT2D eigenvalue weighted by Crippen LogP contribution is -2.27. The van der Waals surface area contributed by atoms with Gasteiger partial charge in [0, 0.05) is 30.8 Å². The van der Waals surface area contributed by atoms with Gasteiger partial charge in [-0.15, -0.1) is 12.4 Å². The summed E-state index contributed by atoms with van der Waals surface area (Å²) in [4.78, 5) is 1.85. The van der Waals surface area contributed by atoms with E-state index < -0.39 is 11.9 Å². The van der Waals surface area contributed by atoms with Crippen molar-refractivity contribution in [2.45, 2.75) is 19.1 Å². The average Bonchev–Trinajstić information content (AvgIpc) is 2.45. The summed E-state index contributed by atoms with van der Waals surface area (Å²) in [5.41, 5.74) is 0.153. The number of hydrogen-bond acceptors (Lipinski definition) is 2. The van der Waals surface area contributed by atoms with Crippen LogP contribution >= 0.6 is 12.4 Å². The molecule has 7 heteroatoms. The van der Waals surface area contributed by atoms with Crippen molar-refractivity contribution in [2.75, 3.05) is 13.6 Å². The van der Waals surface area contributed by atoms with E-state index in [2.05, 4.69) is 10.2 Å². The summed E-state index contributed by atoms with van der Waals surface area (Å²) in [6.45, 7) is 1.09. The van der Waals surface area contributed by atoms with Gasteiger partial charge in [0.25, 0.3) is 0 Å². The van der Waals surface area contributed by atoms with Gasteiger partial charge < -0.3 is 4.90 Å². The van der Waals surface area contributed by atoms with Gasteiger partial charge in [-0.05, 0) is 7.05 Å². The molecule has 2 heterocycles. The number of H-pyrrole nitrogens is 1. The Hall–Kier alpha value is -0.750. The molecule has 0 amide bonds. The molecule has 0 saturated heterocycles. The van der Waals surface area contributed by atoms with Crippen molar-refractivity contribution >= 4 is 12.4 Å². The van der Waals surface area contributed by atoms with Gasteiger partial charge in [-0.3, -0.25) is 5.10 Å². The first-order valence-electron chi connectivity index (χ1n) is 4.30. The van der Waals surface area contributed by atoms with Gasteiger partial charge in [-0.1, -0.05) is 0 Å². The number of hydrogen-bond donors (Lipinski definition) is 1. The van der Waals surface area contributed by atoms with Crippen molar-refractivity contribution in [2.24, 2.45) is 0 Å². The van der Waals surface area contributed by atoms with E-state index in [1.807, 2.05) is 4.90 Å². The van der Waals surface area contributed by atoms with Gasteiger partial charge >= 0.3 is 6.18 Å². The third-order valence-corrected chi connectivity index (χ3v) is 2.39. The maximum Gasteiger partial charge on any atom is 0.435 e. The molecule has 0 radical (unpaired) electrons. The molecule has 1 aliphatic rings. The summed E-state index contributed by atoms with van der Waals surface area (Å²) < 4.78 is 37.3. The van der Waals surface area contributed by atoms with Gasteiger partial charge in [0.15, 0.2) is 5.69 Å². The zero-order valence-corrected chi connectivity index (χ0v) is 8.87. The second kappa shape index (κ2) is 4.02. The number of nitrogens with zero attached hydrogens (tertiary/aromatic N) is 2. The van der Waals surface area contributed by atoms with Gasteiger partial charge in [0.05, 0.1) is 0 Å². The topological polar surface area (TPSA) is 31.9 Å². The molecule has 0 aliphatic carbocycles. The van der Waals surface area contributed by atoms with E-state index in [4.69, 9.17) is 0 Å². The van der Waals surface area contributed by atoms with Crippen LogP contribution in [0.25, 0.3) is 0 Å². The van der Waals surface area contributed by atoms with Crippen LogP contribution < -0.4 is 0 Å². The minimum atomic E-state index is -4.34. The first kappa shape index (κ1) is 12.3. The van der Waals surface area contributed by atoms with E-state index >= 15 is 0 Å². The fraction of sp³-hybridized carbons (Fsp3) is 0.625. The molecule has 1 aromatic rings. The number of fused-ring (bicyclic) bond motifs is 1. The van der Waals surface area contributed by atoms with Crippen molar-refractivity contribution in [3.8, 4) is 0 Å². The smallest absolute Gasteiger partial charge is 0.302 e. The zero-order chi connectivity index (χ0) is 10.3. The van der Waals surface area contributed by atoms with Crippen molar-refractivity contribution in [1.82, 2.24) is 15.1 Å². The minimum Gasteiger partial charge on any atom is -0.302 e. The van der Waals surface area contributed by atoms with Crippen molar-refractivity contribution < 1.29 is 13.2 Å². The molecule has 0 atom stereocenters. The molecule has 0 aromatic carbocycles. The Morgan fingerprint density at radius 1 is 1.40 bits per heavy atom. The Morgan fingerprint density at radius 3 is 2.67 bits per heavy atom. The van der Waals surface area contributed by atoms with Crippen LogP contribution in [0.15, 0.2) is 0 Å². The highest BCUT2D eigenvalue weighted by molar-refractivity contribution is 5.85. The van der Waals surface area contributed by atoms with Crippen LogP contribution in [0.2, 0.25) is 0 Å². The number of halogens is 4. The molecule has 0 bridgehead atoms. The average molecular weight is 242 g/mol. The highest BCUT2D eigenvalue weighted by Gasteiger charge is 2.38. The number of nitrogens with one attached hydrogen (secondary N) is 1. The fourth-order valence-corrected chi connectivity index (χ4v) is 1.66. The number of alkyl halides is 3. The van der Waals surface area contributed by atoms with E-state index in [-0.39, 0.29) is 12.4 Å². The normalized spacial score (nSPS) is 17.1. The minimum absolute atomic E-state index is 0. The molecule has 0 unspecified atom stereocenters. The lowest BCUT2D eigenvalue weighted by atomic mass is 10.1. The zero-order valence-electron chi connectivity index (χ0n) is 8.06. The molecule has 1 aliphatic heterocycles. The molecule has 1 aromatic heterocycles. The second-order valence-electron chi connectivity index (χ2n) is 3.51. The van der Waals surface area contributed by atoms with Crippen LogP contribution in [0.4, 0.5) is 13.2 Å². The Labute approximate surface area is 91.1 Å². The summed E-state index contributed by atoms with van der Waals surface area (Å²) in [7, 11) is 1.80. The summed E-state index contributed by atoms with van der Waals surface area (Å²) in [5.74, 6) is 0. The summed E-state index contributed by atoms with van der Waals surface area (Å²) in [5, 5.41) is 5.78. The summed E-state index contributed by atoms with van der Waals surface area (Å²) in [6.07, 6.45) is -3.74. The quantitative estimate of drug-likeness (QED) is 0.752. The predicted molar refractivity (Wildman–Crippen MR) is 50.9 cm³/mol. The van der Waals surface area contributed by atoms with E-state index in [1.54, 1.807) is 7.05 Å². The largest absolute Gasteiger partial charge is 0.435 e. The molecule has 0 spiro atoms. The van der Waals surface area contributed by atoms with Gasteiger partial charge in [0.2, 0.25) is 0 Å². The standard InChI is InChI=1S/C8H10F3N3.ClH/c1-14-3-2-6-5(4-14)7(13-12-6)8(9,10)11;/h2-4H2,1H3,(H,12,13);1H. The van der Waals surface area contributed by atoms with E-state index in [9.17, 15) is 13.2 Å². The van der Waals surface area contributed by atoms with Crippen LogP contribution in [0.3, 0.4) is 0 Å². The molecular weight excluding hydrogens is 231 g/mol. The van der Waals surface area contributed by atoms with Crippen LogP contribution in [0.5, 0.6) is 0 Å². The fourth-order valence-electron chi connectivity index (χ4n) is 1.66. The second-order valence-corrected chi connectivity index (χ2v) is 3.51. The maximum atomic E-state index is 12.4. The van der Waals surface area contributed by atoms with Crippen LogP contribution in [0, 0.1) is 0 Å².